The highest BCUT2D eigenvalue weighted by Crippen LogP contribution is 2.29. The Labute approximate surface area is 177 Å². The fourth-order valence-corrected chi connectivity index (χ4v) is 3.38. The van der Waals surface area contributed by atoms with Crippen LogP contribution in [0.1, 0.15) is 57.6 Å². The Morgan fingerprint density at radius 1 is 1.17 bits per heavy atom. The molecule has 3 N–H and O–H groups in total. The first kappa shape index (κ1) is 21.4. The lowest BCUT2D eigenvalue weighted by Crippen LogP contribution is -2.41. The van der Waals surface area contributed by atoms with Crippen LogP contribution in [-0.4, -0.2) is 30.2 Å². The van der Waals surface area contributed by atoms with Crippen LogP contribution in [0.25, 0.3) is 0 Å². The van der Waals surface area contributed by atoms with Gasteiger partial charge in [-0.1, -0.05) is 23.7 Å². The summed E-state index contributed by atoms with van der Waals surface area (Å²) >= 11 is 5.99. The maximum atomic E-state index is 12.6. The first-order valence-corrected chi connectivity index (χ1v) is 9.77. The number of furan rings is 1. The molecule has 0 saturated heterocycles. The van der Waals surface area contributed by atoms with Gasteiger partial charge in [-0.05, 0) is 38.8 Å². The summed E-state index contributed by atoms with van der Waals surface area (Å²) in [5.74, 6) is -0.500. The Morgan fingerprint density at radius 3 is 2.63 bits per heavy atom. The van der Waals surface area contributed by atoms with Crippen molar-refractivity contribution < 1.29 is 23.5 Å². The van der Waals surface area contributed by atoms with E-state index in [9.17, 15) is 14.4 Å². The second kappa shape index (κ2) is 9.45. The zero-order valence-electron chi connectivity index (χ0n) is 16.5. The summed E-state index contributed by atoms with van der Waals surface area (Å²) in [4.78, 5) is 36.3. The van der Waals surface area contributed by atoms with E-state index in [0.717, 1.165) is 6.42 Å². The first-order chi connectivity index (χ1) is 14.4. The van der Waals surface area contributed by atoms with Crippen molar-refractivity contribution in [2.75, 3.05) is 6.61 Å². The maximum Gasteiger partial charge on any atom is 0.427 e. The number of hydrazone groups is 1. The molecule has 3 rings (SSSR count). The fraction of sp³-hybridized carbons (Fsp3) is 0.300. The average Bonchev–Trinajstić information content (AvgIpc) is 3.08. The van der Waals surface area contributed by atoms with E-state index in [1.807, 2.05) is 0 Å². The second-order valence-corrected chi connectivity index (χ2v) is 6.89. The van der Waals surface area contributed by atoms with E-state index in [4.69, 9.17) is 20.8 Å². The lowest BCUT2D eigenvalue weighted by atomic mass is 9.93. The van der Waals surface area contributed by atoms with Gasteiger partial charge < -0.3 is 9.15 Å². The number of halogens is 1. The summed E-state index contributed by atoms with van der Waals surface area (Å²) in [6, 6.07) is 6.48. The summed E-state index contributed by atoms with van der Waals surface area (Å²) in [7, 11) is 0. The number of hydrogen-bond donors (Lipinski definition) is 3. The van der Waals surface area contributed by atoms with Crippen LogP contribution >= 0.6 is 11.6 Å². The molecule has 0 bridgehead atoms. The minimum absolute atomic E-state index is 0.0604. The van der Waals surface area contributed by atoms with Gasteiger partial charge in [-0.15, -0.1) is 0 Å². The quantitative estimate of drug-likeness (QED) is 0.641. The van der Waals surface area contributed by atoms with E-state index in [1.165, 1.54) is 0 Å². The molecule has 158 valence electrons. The Hall–Kier alpha value is -3.33. The van der Waals surface area contributed by atoms with E-state index < -0.39 is 17.9 Å². The van der Waals surface area contributed by atoms with Crippen LogP contribution in [0.4, 0.5) is 4.79 Å². The predicted octanol–water partition coefficient (Wildman–Crippen LogP) is 3.10. The van der Waals surface area contributed by atoms with Crippen LogP contribution in [0.5, 0.6) is 0 Å². The number of fused-ring (bicyclic) bond motifs is 1. The van der Waals surface area contributed by atoms with Crippen molar-refractivity contribution in [1.82, 2.24) is 16.3 Å². The molecule has 30 heavy (non-hydrogen) atoms. The molecular weight excluding hydrogens is 412 g/mol. The van der Waals surface area contributed by atoms with Gasteiger partial charge in [0.05, 0.1) is 22.9 Å². The van der Waals surface area contributed by atoms with E-state index >= 15 is 0 Å². The number of hydrogen-bond acceptors (Lipinski definition) is 6. The van der Waals surface area contributed by atoms with Gasteiger partial charge in [0.2, 0.25) is 0 Å². The number of benzene rings is 1. The third kappa shape index (κ3) is 4.62. The van der Waals surface area contributed by atoms with Crippen molar-refractivity contribution in [2.45, 2.75) is 33.1 Å². The molecule has 0 aliphatic heterocycles. The number of nitrogens with one attached hydrogen (secondary N) is 3. The zero-order chi connectivity index (χ0) is 21.7. The van der Waals surface area contributed by atoms with E-state index in [0.29, 0.717) is 35.4 Å². The summed E-state index contributed by atoms with van der Waals surface area (Å²) in [5.41, 5.74) is 9.08. The molecule has 0 atom stereocenters. The molecule has 2 aromatic rings. The number of aryl methyl sites for hydroxylation is 1. The van der Waals surface area contributed by atoms with Crippen LogP contribution in [0.2, 0.25) is 5.02 Å². The molecule has 1 aliphatic carbocycles. The minimum Gasteiger partial charge on any atom is -0.455 e. The number of nitrogens with zero attached hydrogens (tertiary/aromatic N) is 1. The van der Waals surface area contributed by atoms with Crippen LogP contribution < -0.4 is 16.3 Å². The van der Waals surface area contributed by atoms with Crippen molar-refractivity contribution in [2.24, 2.45) is 5.10 Å². The normalized spacial score (nSPS) is 14.0. The summed E-state index contributed by atoms with van der Waals surface area (Å²) < 4.78 is 10.5. The highest BCUT2D eigenvalue weighted by molar-refractivity contribution is 6.33. The van der Waals surface area contributed by atoms with Crippen molar-refractivity contribution in [1.29, 1.82) is 0 Å². The van der Waals surface area contributed by atoms with Crippen LogP contribution in [0.3, 0.4) is 0 Å². The van der Waals surface area contributed by atoms with Crippen LogP contribution in [-0.2, 0) is 11.2 Å². The molecular formula is C20H21ClN4O5. The van der Waals surface area contributed by atoms with Gasteiger partial charge >= 0.3 is 12.0 Å². The standard InChI is InChI=1S/C20H21ClN4O5/c1-3-29-20(28)25-22-14-9-6-10-15-16(14)11(2)17(30-15)19(27)24-23-18(26)12-7-4-5-8-13(12)21/h4-5,7-8H,3,6,9-10H2,1-2H3,(H,23,26)(H,24,27)(H,25,28)/b22-14+. The smallest absolute Gasteiger partial charge is 0.427 e. The molecule has 1 heterocycles. The summed E-state index contributed by atoms with van der Waals surface area (Å²) in [6.45, 7) is 3.65. The molecule has 1 aliphatic rings. The van der Waals surface area contributed by atoms with Crippen molar-refractivity contribution in [3.63, 3.8) is 0 Å². The number of hydrazine groups is 1. The topological polar surface area (TPSA) is 122 Å². The molecule has 1 aromatic carbocycles. The van der Waals surface area contributed by atoms with E-state index in [-0.39, 0.29) is 23.0 Å². The summed E-state index contributed by atoms with van der Waals surface area (Å²) in [6.07, 6.45) is 1.35. The summed E-state index contributed by atoms with van der Waals surface area (Å²) in [5, 5.41) is 4.38. The molecule has 0 fully saturated rings. The molecule has 9 nitrogen and oxygen atoms in total. The Bertz CT molecular complexity index is 1010. The van der Waals surface area contributed by atoms with Gasteiger partial charge in [0.25, 0.3) is 5.91 Å². The largest absolute Gasteiger partial charge is 0.455 e. The maximum absolute atomic E-state index is 12.6. The lowest BCUT2D eigenvalue weighted by Gasteiger charge is -2.13. The minimum atomic E-state index is -0.654. The number of ether oxygens (including phenoxy) is 1. The number of rotatable bonds is 4. The van der Waals surface area contributed by atoms with Gasteiger partial charge in [0.15, 0.2) is 5.76 Å². The lowest BCUT2D eigenvalue weighted by molar-refractivity contribution is 0.0829. The van der Waals surface area contributed by atoms with Crippen LogP contribution in [0, 0.1) is 6.92 Å². The van der Waals surface area contributed by atoms with Gasteiger partial charge in [0.1, 0.15) is 5.76 Å². The molecule has 0 unspecified atom stereocenters. The SMILES string of the molecule is CCOC(=O)N/N=C1\CCCc2oc(C(=O)NNC(=O)c3ccccc3Cl)c(C)c21. The predicted molar refractivity (Wildman–Crippen MR) is 109 cm³/mol. The van der Waals surface area contributed by atoms with E-state index in [1.54, 1.807) is 38.1 Å². The Balaban J connectivity index is 1.74. The Kier molecular flexibility index (Phi) is 6.73. The van der Waals surface area contributed by atoms with Gasteiger partial charge in [-0.2, -0.15) is 5.10 Å². The fourth-order valence-electron chi connectivity index (χ4n) is 3.16. The first-order valence-electron chi connectivity index (χ1n) is 9.39. The Morgan fingerprint density at radius 2 is 1.90 bits per heavy atom. The number of carbonyl (C=O) groups is 3. The van der Waals surface area contributed by atoms with Crippen LogP contribution in [0.15, 0.2) is 33.8 Å². The van der Waals surface area contributed by atoms with Crippen molar-refractivity contribution >= 4 is 35.2 Å². The molecule has 10 heteroatoms. The molecule has 0 spiro atoms. The van der Waals surface area contributed by atoms with Crippen molar-refractivity contribution in [3.05, 3.63) is 57.5 Å². The second-order valence-electron chi connectivity index (χ2n) is 6.49. The van der Waals surface area contributed by atoms with E-state index in [2.05, 4.69) is 21.4 Å². The van der Waals surface area contributed by atoms with Gasteiger partial charge in [-0.3, -0.25) is 20.4 Å². The monoisotopic (exact) mass is 432 g/mol. The van der Waals surface area contributed by atoms with Gasteiger partial charge in [0, 0.05) is 17.5 Å². The average molecular weight is 433 g/mol. The van der Waals surface area contributed by atoms with Gasteiger partial charge in [-0.25, -0.2) is 10.2 Å². The molecule has 0 saturated carbocycles. The third-order valence-electron chi connectivity index (χ3n) is 4.50. The highest BCUT2D eigenvalue weighted by Gasteiger charge is 2.28. The molecule has 3 amide bonds. The third-order valence-corrected chi connectivity index (χ3v) is 4.83. The zero-order valence-corrected chi connectivity index (χ0v) is 17.3. The molecule has 0 radical (unpaired) electrons. The number of amides is 3. The van der Waals surface area contributed by atoms with Crippen molar-refractivity contribution in [3.8, 4) is 0 Å². The number of carbonyl (C=O) groups excluding carboxylic acids is 3. The molecule has 1 aromatic heterocycles. The highest BCUT2D eigenvalue weighted by atomic mass is 35.5.